The Balaban J connectivity index is 1.72. The van der Waals surface area contributed by atoms with Crippen LogP contribution in [-0.2, 0) is 11.3 Å². The van der Waals surface area contributed by atoms with Gasteiger partial charge < -0.3 is 15.8 Å². The average molecular weight is 339 g/mol. The van der Waals surface area contributed by atoms with Gasteiger partial charge in [0.25, 0.3) is 5.91 Å². The summed E-state index contributed by atoms with van der Waals surface area (Å²) in [6, 6.07) is 17.5. The van der Waals surface area contributed by atoms with Gasteiger partial charge in [-0.2, -0.15) is 0 Å². The lowest BCUT2D eigenvalue weighted by molar-refractivity contribution is 0.0332. The number of ether oxygens (including phenoxy) is 1. The Hall–Kier alpha value is -2.21. The van der Waals surface area contributed by atoms with E-state index in [4.69, 9.17) is 10.5 Å². The van der Waals surface area contributed by atoms with Crippen LogP contribution in [0.25, 0.3) is 0 Å². The molecule has 2 aromatic carbocycles. The Morgan fingerprint density at radius 3 is 2.40 bits per heavy atom. The number of nitrogens with one attached hydrogen (secondary N) is 1. The van der Waals surface area contributed by atoms with E-state index in [9.17, 15) is 4.79 Å². The van der Waals surface area contributed by atoms with Crippen molar-refractivity contribution in [3.05, 3.63) is 71.3 Å². The molecule has 5 heteroatoms. The number of morpholine rings is 1. The maximum atomic E-state index is 12.7. The van der Waals surface area contributed by atoms with Gasteiger partial charge in [-0.05, 0) is 23.3 Å². The minimum absolute atomic E-state index is 0.0546. The molecule has 0 saturated carbocycles. The van der Waals surface area contributed by atoms with Gasteiger partial charge in [0.1, 0.15) is 0 Å². The molecule has 0 aromatic heterocycles. The standard InChI is InChI=1S/C20H25N3O2/c21-14-16-6-8-18(9-7-16)20(24)22-19(17-4-2-1-3-5-17)15-23-10-12-25-13-11-23/h1-9,19H,10-15,21H2,(H,22,24). The molecule has 0 bridgehead atoms. The summed E-state index contributed by atoms with van der Waals surface area (Å²) in [6.07, 6.45) is 0. The number of nitrogens with zero attached hydrogens (tertiary/aromatic N) is 1. The zero-order valence-corrected chi connectivity index (χ0v) is 14.4. The Labute approximate surface area is 148 Å². The fraction of sp³-hybridized carbons (Fsp3) is 0.350. The summed E-state index contributed by atoms with van der Waals surface area (Å²) >= 11 is 0. The molecule has 0 radical (unpaired) electrons. The highest BCUT2D eigenvalue weighted by atomic mass is 16.5. The van der Waals surface area contributed by atoms with Crippen molar-refractivity contribution in [2.24, 2.45) is 5.73 Å². The van der Waals surface area contributed by atoms with E-state index in [-0.39, 0.29) is 11.9 Å². The van der Waals surface area contributed by atoms with Crippen LogP contribution in [0.1, 0.15) is 27.5 Å². The fourth-order valence-electron chi connectivity index (χ4n) is 3.00. The van der Waals surface area contributed by atoms with Gasteiger partial charge in [0.15, 0.2) is 0 Å². The lowest BCUT2D eigenvalue weighted by atomic mass is 10.0. The maximum Gasteiger partial charge on any atom is 0.251 e. The highest BCUT2D eigenvalue weighted by molar-refractivity contribution is 5.94. The van der Waals surface area contributed by atoms with Crippen molar-refractivity contribution >= 4 is 5.91 Å². The minimum atomic E-state index is -0.0642. The number of hydrogen-bond donors (Lipinski definition) is 2. The summed E-state index contributed by atoms with van der Waals surface area (Å²) in [5, 5.41) is 3.18. The lowest BCUT2D eigenvalue weighted by Crippen LogP contribution is -2.43. The molecule has 1 atom stereocenters. The Kier molecular flexibility index (Phi) is 6.17. The number of carbonyl (C=O) groups is 1. The van der Waals surface area contributed by atoms with E-state index < -0.39 is 0 Å². The van der Waals surface area contributed by atoms with Crippen LogP contribution in [0.3, 0.4) is 0 Å². The van der Waals surface area contributed by atoms with E-state index in [1.165, 1.54) is 0 Å². The largest absolute Gasteiger partial charge is 0.379 e. The molecule has 2 aromatic rings. The number of rotatable bonds is 6. The van der Waals surface area contributed by atoms with Gasteiger partial charge >= 0.3 is 0 Å². The number of hydrogen-bond acceptors (Lipinski definition) is 4. The van der Waals surface area contributed by atoms with Crippen LogP contribution in [0.4, 0.5) is 0 Å². The van der Waals surface area contributed by atoms with Crippen molar-refractivity contribution in [3.8, 4) is 0 Å². The first kappa shape index (κ1) is 17.6. The molecule has 25 heavy (non-hydrogen) atoms. The van der Waals surface area contributed by atoms with Gasteiger partial charge in [0.05, 0.1) is 19.3 Å². The number of carbonyl (C=O) groups excluding carboxylic acids is 1. The molecule has 1 saturated heterocycles. The van der Waals surface area contributed by atoms with Crippen LogP contribution in [0.2, 0.25) is 0 Å². The fourth-order valence-corrected chi connectivity index (χ4v) is 3.00. The molecule has 1 aliphatic heterocycles. The molecule has 0 aliphatic carbocycles. The highest BCUT2D eigenvalue weighted by Gasteiger charge is 2.20. The van der Waals surface area contributed by atoms with Crippen LogP contribution in [0.15, 0.2) is 54.6 Å². The van der Waals surface area contributed by atoms with Gasteiger partial charge in [0, 0.05) is 31.7 Å². The lowest BCUT2D eigenvalue weighted by Gasteiger charge is -2.31. The van der Waals surface area contributed by atoms with Gasteiger partial charge in [-0.3, -0.25) is 9.69 Å². The third kappa shape index (κ3) is 4.89. The molecule has 3 rings (SSSR count). The summed E-state index contributed by atoms with van der Waals surface area (Å²) < 4.78 is 5.42. The van der Waals surface area contributed by atoms with Crippen molar-refractivity contribution in [2.75, 3.05) is 32.8 Å². The van der Waals surface area contributed by atoms with Gasteiger partial charge in [-0.25, -0.2) is 0 Å². The van der Waals surface area contributed by atoms with Crippen LogP contribution in [0, 0.1) is 0 Å². The second kappa shape index (κ2) is 8.76. The topological polar surface area (TPSA) is 67.6 Å². The molecular formula is C20H25N3O2. The normalized spacial score (nSPS) is 16.4. The Morgan fingerprint density at radius 2 is 1.76 bits per heavy atom. The predicted molar refractivity (Wildman–Crippen MR) is 98.2 cm³/mol. The molecule has 0 spiro atoms. The van der Waals surface area contributed by atoms with Crippen molar-refractivity contribution < 1.29 is 9.53 Å². The molecule has 1 aliphatic rings. The molecule has 132 valence electrons. The first-order valence-electron chi connectivity index (χ1n) is 8.71. The minimum Gasteiger partial charge on any atom is -0.379 e. The van der Waals surface area contributed by atoms with Crippen molar-refractivity contribution in [3.63, 3.8) is 0 Å². The summed E-state index contributed by atoms with van der Waals surface area (Å²) in [6.45, 7) is 4.53. The quantitative estimate of drug-likeness (QED) is 0.844. The van der Waals surface area contributed by atoms with E-state index >= 15 is 0 Å². The van der Waals surface area contributed by atoms with E-state index in [0.29, 0.717) is 12.1 Å². The summed E-state index contributed by atoms with van der Waals surface area (Å²) in [4.78, 5) is 15.0. The van der Waals surface area contributed by atoms with Crippen molar-refractivity contribution in [2.45, 2.75) is 12.6 Å². The van der Waals surface area contributed by atoms with Gasteiger partial charge in [0.2, 0.25) is 0 Å². The molecule has 1 unspecified atom stereocenters. The van der Waals surface area contributed by atoms with E-state index in [1.807, 2.05) is 42.5 Å². The Bertz CT molecular complexity index is 667. The third-order valence-electron chi connectivity index (χ3n) is 4.50. The van der Waals surface area contributed by atoms with E-state index in [1.54, 1.807) is 0 Å². The third-order valence-corrected chi connectivity index (χ3v) is 4.50. The smallest absolute Gasteiger partial charge is 0.251 e. The summed E-state index contributed by atoms with van der Waals surface area (Å²) in [7, 11) is 0. The molecule has 5 nitrogen and oxygen atoms in total. The molecule has 1 heterocycles. The van der Waals surface area contributed by atoms with Gasteiger partial charge in [-0.1, -0.05) is 42.5 Å². The Morgan fingerprint density at radius 1 is 1.08 bits per heavy atom. The van der Waals surface area contributed by atoms with Crippen LogP contribution in [-0.4, -0.2) is 43.7 Å². The predicted octanol–water partition coefficient (Wildman–Crippen LogP) is 1.95. The van der Waals surface area contributed by atoms with Gasteiger partial charge in [-0.15, -0.1) is 0 Å². The molecule has 1 fully saturated rings. The maximum absolute atomic E-state index is 12.7. The van der Waals surface area contributed by atoms with Crippen LogP contribution in [0.5, 0.6) is 0 Å². The van der Waals surface area contributed by atoms with Crippen molar-refractivity contribution in [1.82, 2.24) is 10.2 Å². The number of amides is 1. The SMILES string of the molecule is NCc1ccc(C(=O)NC(CN2CCOCC2)c2ccccc2)cc1. The van der Waals surface area contributed by atoms with Crippen LogP contribution >= 0.6 is 0 Å². The zero-order chi connectivity index (χ0) is 17.5. The highest BCUT2D eigenvalue weighted by Crippen LogP contribution is 2.16. The summed E-state index contributed by atoms with van der Waals surface area (Å²) in [5.74, 6) is -0.0642. The molecule has 1 amide bonds. The average Bonchev–Trinajstić information content (AvgIpc) is 2.69. The first-order valence-corrected chi connectivity index (χ1v) is 8.71. The van der Waals surface area contributed by atoms with E-state index in [0.717, 1.165) is 44.0 Å². The number of nitrogens with two attached hydrogens (primary N) is 1. The second-order valence-electron chi connectivity index (χ2n) is 6.25. The second-order valence-corrected chi connectivity index (χ2v) is 6.25. The summed E-state index contributed by atoms with van der Waals surface area (Å²) in [5.41, 5.74) is 8.40. The van der Waals surface area contributed by atoms with Crippen molar-refractivity contribution in [1.29, 1.82) is 0 Å². The zero-order valence-electron chi connectivity index (χ0n) is 14.4. The monoisotopic (exact) mass is 339 g/mol. The first-order chi connectivity index (χ1) is 12.3. The van der Waals surface area contributed by atoms with Crippen LogP contribution < -0.4 is 11.1 Å². The molecule has 3 N–H and O–H groups in total. The molecular weight excluding hydrogens is 314 g/mol. The van der Waals surface area contributed by atoms with E-state index in [2.05, 4.69) is 22.3 Å². The number of benzene rings is 2.